The van der Waals surface area contributed by atoms with E-state index in [4.69, 9.17) is 28.4 Å². The first-order chi connectivity index (χ1) is 18.3. The van der Waals surface area contributed by atoms with E-state index in [0.29, 0.717) is 38.0 Å². The lowest BCUT2D eigenvalue weighted by Gasteiger charge is -2.25. The molecule has 1 heterocycles. The van der Waals surface area contributed by atoms with Crippen LogP contribution in [0.2, 0.25) is 12.1 Å². The standard InChI is InChI=1S/C22H36N2O12Si2.H3N/c25-19(23-3-1-13-37)15-17(21(27)28)35-11-7-32-6-10-34-16(20(26)24-4-2-14-38)18(22(29)30)36-12-8-31-5-9-33-15;/h15-18H,1-14H2,(H,23,25)(H,24,26)(H,27,28)(H,29,30);1H3/p+1. The van der Waals surface area contributed by atoms with Crippen LogP contribution in [0.15, 0.2) is 0 Å². The monoisotopic (exact) mass is 594 g/mol. The molecule has 17 heteroatoms. The Morgan fingerprint density at radius 1 is 0.590 bits per heavy atom. The third-order valence-corrected chi connectivity index (χ3v) is 5.67. The van der Waals surface area contributed by atoms with Crippen LogP contribution in [0.5, 0.6) is 0 Å². The van der Waals surface area contributed by atoms with Crippen molar-refractivity contribution >= 4 is 44.2 Å². The lowest BCUT2D eigenvalue weighted by Crippen LogP contribution is -2.50. The minimum Gasteiger partial charge on any atom is -0.479 e. The second kappa shape index (κ2) is 22.8. The first-order valence-electron chi connectivity index (χ1n) is 12.3. The Morgan fingerprint density at radius 2 is 0.897 bits per heavy atom. The van der Waals surface area contributed by atoms with Crippen LogP contribution in [0, 0.1) is 0 Å². The van der Waals surface area contributed by atoms with Crippen LogP contribution in [-0.4, -0.2) is 145 Å². The summed E-state index contributed by atoms with van der Waals surface area (Å²) < 4.78 is 32.5. The summed E-state index contributed by atoms with van der Waals surface area (Å²) in [7, 11) is 6.60. The second-order valence-electron chi connectivity index (χ2n) is 7.86. The predicted octanol–water partition coefficient (Wildman–Crippen LogP) is -1.69. The number of aliphatic carboxylic acids is 2. The van der Waals surface area contributed by atoms with E-state index in [1.54, 1.807) is 0 Å². The van der Waals surface area contributed by atoms with Gasteiger partial charge in [-0.2, -0.15) is 0 Å². The van der Waals surface area contributed by atoms with Crippen molar-refractivity contribution in [2.75, 3.05) is 65.9 Å². The highest BCUT2D eigenvalue weighted by Crippen LogP contribution is 2.09. The van der Waals surface area contributed by atoms with Crippen molar-refractivity contribution in [2.24, 2.45) is 0 Å². The number of amides is 2. The van der Waals surface area contributed by atoms with Crippen LogP contribution in [0.3, 0.4) is 0 Å². The van der Waals surface area contributed by atoms with E-state index in [1.165, 1.54) is 0 Å². The normalized spacial score (nSPS) is 24.3. The molecular weight excluding hydrogens is 554 g/mol. The number of ether oxygens (including phenoxy) is 6. The molecule has 8 N–H and O–H groups in total. The van der Waals surface area contributed by atoms with Crippen molar-refractivity contribution < 1.29 is 57.8 Å². The van der Waals surface area contributed by atoms with Gasteiger partial charge < -0.3 is 55.4 Å². The van der Waals surface area contributed by atoms with Gasteiger partial charge in [-0.3, -0.25) is 9.59 Å². The fourth-order valence-electron chi connectivity index (χ4n) is 3.12. The van der Waals surface area contributed by atoms with Gasteiger partial charge in [-0.1, -0.05) is 12.1 Å². The average molecular weight is 595 g/mol. The number of carbonyl (C=O) groups excluding carboxylic acids is 2. The minimum absolute atomic E-state index is 0. The highest BCUT2D eigenvalue weighted by atomic mass is 28.1. The van der Waals surface area contributed by atoms with Crippen LogP contribution in [-0.2, 0) is 47.6 Å². The molecular formula is C22H40N3O12Si2+. The van der Waals surface area contributed by atoms with Crippen molar-refractivity contribution in [3.05, 3.63) is 0 Å². The second-order valence-corrected chi connectivity index (χ2v) is 8.86. The number of hydrogen-bond donors (Lipinski definition) is 5. The first kappa shape index (κ1) is 37.0. The summed E-state index contributed by atoms with van der Waals surface area (Å²) in [6, 6.07) is 1.29. The zero-order valence-electron chi connectivity index (χ0n) is 22.2. The SMILES string of the molecule is O=C(O)C1OCCOCCOC(C(=O)NCCC[Si])C(C(=O)O)OCCOCCOC1C(=O)NCCC[Si].[NH4+]. The number of carboxylic acid groups (broad SMARTS) is 2. The largest absolute Gasteiger partial charge is 0.479 e. The molecule has 1 aliphatic rings. The summed E-state index contributed by atoms with van der Waals surface area (Å²) in [5.74, 6) is -4.06. The molecule has 1 rings (SSSR count). The summed E-state index contributed by atoms with van der Waals surface area (Å²) >= 11 is 0. The van der Waals surface area contributed by atoms with Gasteiger partial charge in [0.25, 0.3) is 11.8 Å². The Morgan fingerprint density at radius 3 is 1.18 bits per heavy atom. The van der Waals surface area contributed by atoms with E-state index in [1.807, 2.05) is 0 Å². The molecule has 2 amide bonds. The highest BCUT2D eigenvalue weighted by Gasteiger charge is 2.37. The summed E-state index contributed by atoms with van der Waals surface area (Å²) in [6.45, 7) is -0.255. The highest BCUT2D eigenvalue weighted by molar-refractivity contribution is 6.08. The molecule has 4 atom stereocenters. The molecule has 6 radical (unpaired) electrons. The molecule has 0 aliphatic carbocycles. The Kier molecular flexibility index (Phi) is 21.7. The fourth-order valence-corrected chi connectivity index (χ4v) is 3.47. The van der Waals surface area contributed by atoms with E-state index in [0.717, 1.165) is 0 Å². The van der Waals surface area contributed by atoms with Crippen LogP contribution >= 0.6 is 0 Å². The van der Waals surface area contributed by atoms with Gasteiger partial charge in [0.05, 0.1) is 52.9 Å². The van der Waals surface area contributed by atoms with Crippen molar-refractivity contribution in [2.45, 2.75) is 49.3 Å². The van der Waals surface area contributed by atoms with Crippen LogP contribution in [0.25, 0.3) is 0 Å². The maximum absolute atomic E-state index is 12.6. The minimum atomic E-state index is -1.59. The molecule has 1 aliphatic heterocycles. The number of carboxylic acids is 2. The Labute approximate surface area is 234 Å². The molecule has 0 aromatic heterocycles. The molecule has 4 unspecified atom stereocenters. The smallest absolute Gasteiger partial charge is 0.336 e. The third-order valence-electron chi connectivity index (χ3n) is 4.96. The molecule has 222 valence electrons. The quantitative estimate of drug-likeness (QED) is 0.141. The third kappa shape index (κ3) is 15.4. The van der Waals surface area contributed by atoms with E-state index < -0.39 is 48.2 Å². The predicted molar refractivity (Wildman–Crippen MR) is 138 cm³/mol. The fraction of sp³-hybridized carbons (Fsp3) is 0.818. The molecule has 1 fully saturated rings. The van der Waals surface area contributed by atoms with Gasteiger partial charge >= 0.3 is 11.9 Å². The maximum atomic E-state index is 12.6. The lowest BCUT2D eigenvalue weighted by molar-refractivity contribution is -0.175. The summed E-state index contributed by atoms with van der Waals surface area (Å²) in [6.07, 6.45) is -4.81. The Bertz CT molecular complexity index is 664. The Balaban J connectivity index is 0.0000144. The molecule has 0 bridgehead atoms. The van der Waals surface area contributed by atoms with Crippen molar-refractivity contribution in [1.82, 2.24) is 16.8 Å². The maximum Gasteiger partial charge on any atom is 0.336 e. The van der Waals surface area contributed by atoms with Crippen LogP contribution < -0.4 is 16.8 Å². The van der Waals surface area contributed by atoms with Gasteiger partial charge in [0.1, 0.15) is 0 Å². The zero-order valence-corrected chi connectivity index (χ0v) is 24.2. The van der Waals surface area contributed by atoms with Crippen LogP contribution in [0.4, 0.5) is 0 Å². The Hall–Kier alpha value is -1.97. The van der Waals surface area contributed by atoms with Gasteiger partial charge in [0, 0.05) is 33.6 Å². The summed E-state index contributed by atoms with van der Waals surface area (Å²) in [4.78, 5) is 48.8. The van der Waals surface area contributed by atoms with E-state index >= 15 is 0 Å². The van der Waals surface area contributed by atoms with Gasteiger partial charge in [-0.05, 0) is 12.8 Å². The molecule has 0 saturated carbocycles. The number of carbonyl (C=O) groups is 4. The summed E-state index contributed by atoms with van der Waals surface area (Å²) in [5, 5.41) is 24.5. The van der Waals surface area contributed by atoms with Gasteiger partial charge in [0.2, 0.25) is 0 Å². The summed E-state index contributed by atoms with van der Waals surface area (Å²) in [5.41, 5.74) is 0. The van der Waals surface area contributed by atoms with Crippen molar-refractivity contribution in [1.29, 1.82) is 0 Å². The molecule has 15 nitrogen and oxygen atoms in total. The molecule has 0 spiro atoms. The van der Waals surface area contributed by atoms with E-state index in [2.05, 4.69) is 31.1 Å². The van der Waals surface area contributed by atoms with E-state index in [-0.39, 0.29) is 59.0 Å². The first-order valence-corrected chi connectivity index (χ1v) is 13.7. The van der Waals surface area contributed by atoms with Crippen LogP contribution in [0.1, 0.15) is 12.8 Å². The average Bonchev–Trinajstić information content (AvgIpc) is 2.87. The van der Waals surface area contributed by atoms with Gasteiger partial charge in [-0.15, -0.1) is 0 Å². The molecule has 1 saturated heterocycles. The van der Waals surface area contributed by atoms with Crippen molar-refractivity contribution in [3.8, 4) is 0 Å². The number of rotatable bonds is 10. The topological polar surface area (TPSA) is 225 Å². The molecule has 0 aromatic rings. The van der Waals surface area contributed by atoms with E-state index in [9.17, 15) is 29.4 Å². The molecule has 39 heavy (non-hydrogen) atoms. The van der Waals surface area contributed by atoms with Crippen molar-refractivity contribution in [3.63, 3.8) is 0 Å². The molecule has 0 aromatic carbocycles. The van der Waals surface area contributed by atoms with Gasteiger partial charge in [0.15, 0.2) is 24.4 Å². The van der Waals surface area contributed by atoms with Gasteiger partial charge in [-0.25, -0.2) is 9.59 Å². The number of nitrogens with one attached hydrogen (secondary N) is 2. The number of quaternary nitrogens is 1. The zero-order chi connectivity index (χ0) is 28.2. The number of hydrogen-bond acceptors (Lipinski definition) is 10. The lowest BCUT2D eigenvalue weighted by atomic mass is 10.2.